The molecule has 0 radical (unpaired) electrons. The van der Waals surface area contributed by atoms with Crippen LogP contribution in [0.25, 0.3) is 5.65 Å². The molecule has 1 fully saturated rings. The van der Waals surface area contributed by atoms with Gasteiger partial charge in [-0.15, -0.1) is 0 Å². The maximum atomic E-state index is 13.5. The molecule has 1 N–H and O–H groups in total. The number of carbonyl (C=O) groups excluding carboxylic acids is 3. The first-order chi connectivity index (χ1) is 18.3. The second-order valence-electron chi connectivity index (χ2n) is 9.52. The molecule has 3 aromatic heterocycles. The van der Waals surface area contributed by atoms with Crippen molar-refractivity contribution in [1.82, 2.24) is 29.0 Å². The molecule has 3 aromatic rings. The van der Waals surface area contributed by atoms with Gasteiger partial charge in [0.1, 0.15) is 29.5 Å². The highest BCUT2D eigenvalue weighted by Gasteiger charge is 2.37. The lowest BCUT2D eigenvalue weighted by Gasteiger charge is -2.25. The first kappa shape index (κ1) is 25.5. The van der Waals surface area contributed by atoms with Crippen molar-refractivity contribution in [1.29, 1.82) is 0 Å². The van der Waals surface area contributed by atoms with Crippen LogP contribution in [-0.4, -0.2) is 79.5 Å². The number of methoxy groups -OCH3 is 1. The van der Waals surface area contributed by atoms with Gasteiger partial charge in [0, 0.05) is 26.3 Å². The second-order valence-corrected chi connectivity index (χ2v) is 9.52. The number of hydrogen-bond donors (Lipinski definition) is 1. The van der Waals surface area contributed by atoms with Crippen LogP contribution in [0.1, 0.15) is 52.7 Å². The zero-order chi connectivity index (χ0) is 27.0. The summed E-state index contributed by atoms with van der Waals surface area (Å²) >= 11 is 0. The largest absolute Gasteiger partial charge is 0.383 e. The number of hydrogen-bond acceptors (Lipinski definition) is 7. The SMILES string of the molecule is COC[C@H](C)N1Cc2c(n(CC(=O)Nc3ccc(F)cn3)c3cc(C(=O)N4CCCCC4)nn3c2=O)C1=O. The molecule has 0 spiro atoms. The van der Waals surface area contributed by atoms with Crippen LogP contribution in [0.2, 0.25) is 0 Å². The number of ether oxygens (including phenoxy) is 1. The van der Waals surface area contributed by atoms with E-state index >= 15 is 0 Å². The molecule has 200 valence electrons. The van der Waals surface area contributed by atoms with Gasteiger partial charge in [-0.05, 0) is 38.3 Å². The maximum absolute atomic E-state index is 13.5. The molecule has 12 nitrogen and oxygen atoms in total. The monoisotopic (exact) mass is 525 g/mol. The Labute approximate surface area is 217 Å². The Morgan fingerprint density at radius 1 is 1.18 bits per heavy atom. The lowest BCUT2D eigenvalue weighted by molar-refractivity contribution is -0.116. The van der Waals surface area contributed by atoms with Gasteiger partial charge in [-0.1, -0.05) is 0 Å². The average molecular weight is 526 g/mol. The molecule has 5 rings (SSSR count). The molecule has 2 aliphatic rings. The van der Waals surface area contributed by atoms with E-state index < -0.39 is 23.2 Å². The number of fused-ring (bicyclic) bond motifs is 2. The molecule has 0 unspecified atom stereocenters. The summed E-state index contributed by atoms with van der Waals surface area (Å²) in [6.45, 7) is 2.92. The molecule has 13 heteroatoms. The third kappa shape index (κ3) is 4.64. The Balaban J connectivity index is 1.57. The fourth-order valence-corrected chi connectivity index (χ4v) is 4.97. The van der Waals surface area contributed by atoms with Crippen LogP contribution in [0, 0.1) is 5.82 Å². The molecule has 0 aromatic carbocycles. The van der Waals surface area contributed by atoms with E-state index in [0.29, 0.717) is 13.1 Å². The van der Waals surface area contributed by atoms with Gasteiger partial charge >= 0.3 is 0 Å². The summed E-state index contributed by atoms with van der Waals surface area (Å²) in [7, 11) is 1.52. The molecule has 38 heavy (non-hydrogen) atoms. The van der Waals surface area contributed by atoms with Gasteiger partial charge in [0.15, 0.2) is 5.69 Å². The van der Waals surface area contributed by atoms with Crippen LogP contribution in [0.5, 0.6) is 0 Å². The summed E-state index contributed by atoms with van der Waals surface area (Å²) in [6.07, 6.45) is 3.80. The van der Waals surface area contributed by atoms with Gasteiger partial charge in [0.2, 0.25) is 5.91 Å². The number of halogens is 1. The molecule has 2 aliphatic heterocycles. The number of rotatable bonds is 7. The van der Waals surface area contributed by atoms with Gasteiger partial charge < -0.3 is 24.4 Å². The maximum Gasteiger partial charge on any atom is 0.280 e. The van der Waals surface area contributed by atoms with E-state index in [2.05, 4.69) is 15.4 Å². The summed E-state index contributed by atoms with van der Waals surface area (Å²) in [5, 5.41) is 6.88. The summed E-state index contributed by atoms with van der Waals surface area (Å²) in [5.41, 5.74) is -0.0715. The highest BCUT2D eigenvalue weighted by Crippen LogP contribution is 2.25. The van der Waals surface area contributed by atoms with Crippen LogP contribution >= 0.6 is 0 Å². The van der Waals surface area contributed by atoms with Crippen molar-refractivity contribution >= 4 is 29.2 Å². The Bertz CT molecular complexity index is 1460. The molecule has 0 bridgehead atoms. The molecule has 5 heterocycles. The van der Waals surface area contributed by atoms with E-state index in [4.69, 9.17) is 4.74 Å². The van der Waals surface area contributed by atoms with Crippen molar-refractivity contribution in [2.24, 2.45) is 0 Å². The predicted molar refractivity (Wildman–Crippen MR) is 133 cm³/mol. The van der Waals surface area contributed by atoms with E-state index in [1.54, 1.807) is 11.8 Å². The van der Waals surface area contributed by atoms with Crippen LogP contribution < -0.4 is 10.9 Å². The summed E-state index contributed by atoms with van der Waals surface area (Å²) < 4.78 is 20.9. The minimum atomic E-state index is -0.557. The van der Waals surface area contributed by atoms with E-state index in [1.165, 1.54) is 28.7 Å². The average Bonchev–Trinajstić information content (AvgIpc) is 3.51. The van der Waals surface area contributed by atoms with Crippen molar-refractivity contribution in [2.75, 3.05) is 32.1 Å². The van der Waals surface area contributed by atoms with Gasteiger partial charge in [0.05, 0.1) is 31.0 Å². The van der Waals surface area contributed by atoms with Gasteiger partial charge in [-0.2, -0.15) is 9.61 Å². The lowest BCUT2D eigenvalue weighted by atomic mass is 10.1. The van der Waals surface area contributed by atoms with Gasteiger partial charge in [-0.25, -0.2) is 9.37 Å². The zero-order valence-electron chi connectivity index (χ0n) is 21.1. The minimum absolute atomic E-state index is 0.0177. The number of amides is 3. The summed E-state index contributed by atoms with van der Waals surface area (Å²) in [5.74, 6) is -1.72. The number of carbonyl (C=O) groups is 3. The van der Waals surface area contributed by atoms with Gasteiger partial charge in [0.25, 0.3) is 17.4 Å². The molecule has 1 saturated heterocycles. The summed E-state index contributed by atoms with van der Waals surface area (Å²) in [4.78, 5) is 60.2. The van der Waals surface area contributed by atoms with Crippen LogP contribution in [0.4, 0.5) is 10.2 Å². The standard InChI is InChI=1S/C25H28FN7O5/c1-15(14-38-2)31-12-17-22(25(31)37)32(13-20(34)28-19-7-6-16(26)11-27-19)21-10-18(29-33(21)23(17)35)24(36)30-8-4-3-5-9-30/h6-7,10-11,15H,3-5,8-9,12-14H2,1-2H3,(H,27,28,34)/t15-/m0/s1. The van der Waals surface area contributed by atoms with Crippen LogP contribution in [-0.2, 0) is 22.6 Å². The third-order valence-electron chi connectivity index (χ3n) is 6.86. The van der Waals surface area contributed by atoms with E-state index in [0.717, 1.165) is 36.0 Å². The fraction of sp³-hybridized carbons (Fsp3) is 0.440. The van der Waals surface area contributed by atoms with Crippen molar-refractivity contribution < 1.29 is 23.5 Å². The number of pyridine rings is 1. The molecule has 3 amide bonds. The lowest BCUT2D eigenvalue weighted by Crippen LogP contribution is -2.37. The highest BCUT2D eigenvalue weighted by atomic mass is 19.1. The van der Waals surface area contributed by atoms with Crippen LogP contribution in [0.3, 0.4) is 0 Å². The van der Waals surface area contributed by atoms with Crippen molar-refractivity contribution in [2.45, 2.75) is 45.3 Å². The predicted octanol–water partition coefficient (Wildman–Crippen LogP) is 1.29. The second kappa shape index (κ2) is 10.3. The first-order valence-electron chi connectivity index (χ1n) is 12.4. The highest BCUT2D eigenvalue weighted by molar-refractivity contribution is 5.99. The number of likely N-dealkylation sites (tertiary alicyclic amines) is 1. The van der Waals surface area contributed by atoms with Crippen molar-refractivity contribution in [3.05, 3.63) is 57.5 Å². The Hall–Kier alpha value is -4.13. The van der Waals surface area contributed by atoms with Gasteiger partial charge in [-0.3, -0.25) is 19.2 Å². The topological polar surface area (TPSA) is 131 Å². The molecule has 1 atom stereocenters. The molecular formula is C25H28FN7O5. The summed E-state index contributed by atoms with van der Waals surface area (Å²) in [6, 6.07) is 3.59. The molecule has 0 aliphatic carbocycles. The number of nitrogens with one attached hydrogen (secondary N) is 1. The Morgan fingerprint density at radius 2 is 1.95 bits per heavy atom. The van der Waals surface area contributed by atoms with Crippen molar-refractivity contribution in [3.8, 4) is 0 Å². The fourth-order valence-electron chi connectivity index (χ4n) is 4.97. The number of anilines is 1. The van der Waals surface area contributed by atoms with Crippen molar-refractivity contribution in [3.63, 3.8) is 0 Å². The molecular weight excluding hydrogens is 497 g/mol. The van der Waals surface area contributed by atoms with E-state index in [1.807, 2.05) is 0 Å². The van der Waals surface area contributed by atoms with E-state index in [-0.39, 0.29) is 60.1 Å². The zero-order valence-corrected chi connectivity index (χ0v) is 21.1. The van der Waals surface area contributed by atoms with Crippen LogP contribution in [0.15, 0.2) is 29.2 Å². The number of aromatic nitrogens is 4. The first-order valence-corrected chi connectivity index (χ1v) is 12.4. The quantitative estimate of drug-likeness (QED) is 0.492. The Kier molecular flexibility index (Phi) is 6.93. The number of piperidine rings is 1. The normalized spacial score (nSPS) is 16.1. The minimum Gasteiger partial charge on any atom is -0.383 e. The number of nitrogens with zero attached hydrogens (tertiary/aromatic N) is 6. The van der Waals surface area contributed by atoms with E-state index in [9.17, 15) is 23.6 Å². The smallest absolute Gasteiger partial charge is 0.280 e. The third-order valence-corrected chi connectivity index (χ3v) is 6.86. The molecule has 0 saturated carbocycles. The Morgan fingerprint density at radius 3 is 2.63 bits per heavy atom.